The molecule has 0 saturated carbocycles. The van der Waals surface area contributed by atoms with Crippen molar-refractivity contribution in [3.63, 3.8) is 0 Å². The summed E-state index contributed by atoms with van der Waals surface area (Å²) in [6, 6.07) is 7.36. The van der Waals surface area contributed by atoms with Crippen molar-refractivity contribution in [2.75, 3.05) is 20.7 Å². The number of rotatable bonds is 6. The van der Waals surface area contributed by atoms with Crippen molar-refractivity contribution in [2.24, 2.45) is 0 Å². The minimum atomic E-state index is -3.67. The van der Waals surface area contributed by atoms with Crippen molar-refractivity contribution < 1.29 is 22.7 Å². The number of esters is 1. The molecule has 0 aliphatic carbocycles. The second-order valence-electron chi connectivity index (χ2n) is 6.93. The number of nitrogens with zero attached hydrogens (tertiary/aromatic N) is 1. The standard InChI is InChI=1S/C21H25NO5S/c1-13-10-19(16(4)15(3)14(13)2)20(23)12-27-21(24)17-8-7-9-18(11-17)28(25,26)22(5)6/h7-11H,12H2,1-6H3. The highest BCUT2D eigenvalue weighted by Gasteiger charge is 2.20. The third kappa shape index (κ3) is 4.31. The molecule has 150 valence electrons. The molecular weight excluding hydrogens is 378 g/mol. The van der Waals surface area contributed by atoms with Crippen LogP contribution in [0.2, 0.25) is 0 Å². The molecule has 7 heteroatoms. The van der Waals surface area contributed by atoms with Gasteiger partial charge in [0.15, 0.2) is 6.61 Å². The zero-order valence-corrected chi connectivity index (χ0v) is 17.8. The van der Waals surface area contributed by atoms with Crippen LogP contribution in [0.1, 0.15) is 43.0 Å². The van der Waals surface area contributed by atoms with Gasteiger partial charge in [-0.25, -0.2) is 17.5 Å². The number of sulfonamides is 1. The minimum Gasteiger partial charge on any atom is -0.454 e. The maximum atomic E-state index is 12.6. The van der Waals surface area contributed by atoms with E-state index >= 15 is 0 Å². The number of aryl methyl sites for hydroxylation is 1. The van der Waals surface area contributed by atoms with E-state index in [1.807, 2.05) is 27.7 Å². The van der Waals surface area contributed by atoms with Gasteiger partial charge in [-0.15, -0.1) is 0 Å². The van der Waals surface area contributed by atoms with E-state index < -0.39 is 22.6 Å². The van der Waals surface area contributed by atoms with Crippen LogP contribution in [-0.4, -0.2) is 45.2 Å². The molecule has 0 unspecified atom stereocenters. The Kier molecular flexibility index (Phi) is 6.41. The first-order chi connectivity index (χ1) is 13.0. The smallest absolute Gasteiger partial charge is 0.338 e. The van der Waals surface area contributed by atoms with Crippen LogP contribution in [0.25, 0.3) is 0 Å². The van der Waals surface area contributed by atoms with Crippen LogP contribution < -0.4 is 0 Å². The van der Waals surface area contributed by atoms with E-state index in [0.29, 0.717) is 5.56 Å². The number of carbonyl (C=O) groups excluding carboxylic acids is 2. The molecule has 28 heavy (non-hydrogen) atoms. The van der Waals surface area contributed by atoms with Crippen molar-refractivity contribution in [1.82, 2.24) is 4.31 Å². The summed E-state index contributed by atoms with van der Waals surface area (Å²) in [6.45, 7) is 7.35. The van der Waals surface area contributed by atoms with E-state index in [1.54, 1.807) is 6.07 Å². The Morgan fingerprint density at radius 1 is 0.964 bits per heavy atom. The van der Waals surface area contributed by atoms with Gasteiger partial charge in [0.2, 0.25) is 15.8 Å². The highest BCUT2D eigenvalue weighted by atomic mass is 32.2. The maximum Gasteiger partial charge on any atom is 0.338 e. The van der Waals surface area contributed by atoms with Gasteiger partial charge in [0.05, 0.1) is 10.5 Å². The molecule has 0 radical (unpaired) electrons. The molecule has 2 aromatic carbocycles. The third-order valence-corrected chi connectivity index (χ3v) is 6.78. The first kappa shape index (κ1) is 21.8. The summed E-state index contributed by atoms with van der Waals surface area (Å²) >= 11 is 0. The van der Waals surface area contributed by atoms with Crippen molar-refractivity contribution in [1.29, 1.82) is 0 Å². The topological polar surface area (TPSA) is 80.8 Å². The summed E-state index contributed by atoms with van der Waals surface area (Å²) in [6.07, 6.45) is 0. The monoisotopic (exact) mass is 403 g/mol. The van der Waals surface area contributed by atoms with E-state index in [-0.39, 0.29) is 16.2 Å². The summed E-state index contributed by atoms with van der Waals surface area (Å²) in [4.78, 5) is 24.9. The highest BCUT2D eigenvalue weighted by Crippen LogP contribution is 2.22. The van der Waals surface area contributed by atoms with Gasteiger partial charge in [-0.1, -0.05) is 6.07 Å². The summed E-state index contributed by atoms with van der Waals surface area (Å²) in [5.41, 5.74) is 4.63. The molecule has 0 aliphatic rings. The van der Waals surface area contributed by atoms with Crippen LogP contribution in [0.5, 0.6) is 0 Å². The Labute approximate surface area is 166 Å². The fourth-order valence-corrected chi connectivity index (χ4v) is 3.74. The quantitative estimate of drug-likeness (QED) is 0.546. The van der Waals surface area contributed by atoms with Gasteiger partial charge in [0.25, 0.3) is 0 Å². The minimum absolute atomic E-state index is 0.0149. The predicted molar refractivity (Wildman–Crippen MR) is 107 cm³/mol. The number of Topliss-reactive ketones (excluding diaryl/α,β-unsaturated/α-hetero) is 1. The van der Waals surface area contributed by atoms with Gasteiger partial charge in [-0.05, 0) is 74.2 Å². The fourth-order valence-electron chi connectivity index (χ4n) is 2.79. The lowest BCUT2D eigenvalue weighted by Crippen LogP contribution is -2.22. The molecule has 0 aromatic heterocycles. The average molecular weight is 404 g/mol. The van der Waals surface area contributed by atoms with Crippen LogP contribution in [0.3, 0.4) is 0 Å². The van der Waals surface area contributed by atoms with E-state index in [9.17, 15) is 18.0 Å². The molecule has 0 saturated heterocycles. The van der Waals surface area contributed by atoms with Gasteiger partial charge in [0.1, 0.15) is 0 Å². The number of ether oxygens (including phenoxy) is 1. The predicted octanol–water partition coefficient (Wildman–Crippen LogP) is 3.21. The number of benzene rings is 2. The zero-order valence-electron chi connectivity index (χ0n) is 17.0. The van der Waals surface area contributed by atoms with Gasteiger partial charge >= 0.3 is 5.97 Å². The zero-order chi connectivity index (χ0) is 21.2. The highest BCUT2D eigenvalue weighted by molar-refractivity contribution is 7.89. The van der Waals surface area contributed by atoms with Crippen LogP contribution >= 0.6 is 0 Å². The van der Waals surface area contributed by atoms with Gasteiger partial charge in [-0.3, -0.25) is 4.79 Å². The summed E-state index contributed by atoms with van der Waals surface area (Å²) in [5, 5.41) is 0. The molecule has 0 heterocycles. The molecule has 2 aromatic rings. The Morgan fingerprint density at radius 3 is 2.21 bits per heavy atom. The molecule has 6 nitrogen and oxygen atoms in total. The fraction of sp³-hybridized carbons (Fsp3) is 0.333. The Bertz CT molecular complexity index is 1040. The number of ketones is 1. The van der Waals surface area contributed by atoms with Crippen molar-refractivity contribution in [3.05, 3.63) is 63.7 Å². The molecule has 0 aliphatic heterocycles. The van der Waals surface area contributed by atoms with E-state index in [4.69, 9.17) is 4.74 Å². The normalized spacial score (nSPS) is 11.5. The molecule has 0 amide bonds. The molecule has 0 bridgehead atoms. The van der Waals surface area contributed by atoms with Gasteiger partial charge < -0.3 is 4.74 Å². The number of hydrogen-bond donors (Lipinski definition) is 0. The van der Waals surface area contributed by atoms with E-state index in [0.717, 1.165) is 26.6 Å². The first-order valence-corrected chi connectivity index (χ1v) is 10.2. The third-order valence-electron chi connectivity index (χ3n) is 4.96. The van der Waals surface area contributed by atoms with Crippen molar-refractivity contribution >= 4 is 21.8 Å². The molecule has 0 spiro atoms. The number of hydrogen-bond acceptors (Lipinski definition) is 5. The van der Waals surface area contributed by atoms with Crippen molar-refractivity contribution in [3.8, 4) is 0 Å². The lowest BCUT2D eigenvalue weighted by Gasteiger charge is -2.14. The van der Waals surface area contributed by atoms with Crippen LogP contribution in [0.4, 0.5) is 0 Å². The second-order valence-corrected chi connectivity index (χ2v) is 9.08. The lowest BCUT2D eigenvalue weighted by molar-refractivity contribution is 0.0474. The summed E-state index contributed by atoms with van der Waals surface area (Å²) in [7, 11) is -0.849. The Morgan fingerprint density at radius 2 is 1.61 bits per heavy atom. The molecule has 0 atom stereocenters. The van der Waals surface area contributed by atoms with Crippen LogP contribution in [-0.2, 0) is 14.8 Å². The summed E-state index contributed by atoms with van der Waals surface area (Å²) in [5.74, 6) is -1.04. The Hall–Kier alpha value is -2.51. The Balaban J connectivity index is 2.19. The lowest BCUT2D eigenvalue weighted by atomic mass is 9.93. The second kappa shape index (κ2) is 8.24. The van der Waals surface area contributed by atoms with Gasteiger partial charge in [0, 0.05) is 19.7 Å². The van der Waals surface area contributed by atoms with E-state index in [2.05, 4.69) is 0 Å². The summed E-state index contributed by atoms with van der Waals surface area (Å²) < 4.78 is 30.6. The molecule has 2 rings (SSSR count). The average Bonchev–Trinajstić information content (AvgIpc) is 2.66. The first-order valence-electron chi connectivity index (χ1n) is 8.77. The largest absolute Gasteiger partial charge is 0.454 e. The number of carbonyl (C=O) groups is 2. The van der Waals surface area contributed by atoms with E-state index in [1.165, 1.54) is 38.4 Å². The molecule has 0 fully saturated rings. The molecular formula is C21H25NO5S. The van der Waals surface area contributed by atoms with Gasteiger partial charge in [-0.2, -0.15) is 0 Å². The maximum absolute atomic E-state index is 12.6. The van der Waals surface area contributed by atoms with Crippen LogP contribution in [0, 0.1) is 27.7 Å². The van der Waals surface area contributed by atoms with Crippen LogP contribution in [0.15, 0.2) is 35.2 Å². The molecule has 0 N–H and O–H groups in total. The van der Waals surface area contributed by atoms with Crippen molar-refractivity contribution in [2.45, 2.75) is 32.6 Å². The SMILES string of the molecule is Cc1cc(C(=O)COC(=O)c2cccc(S(=O)(=O)N(C)C)c2)c(C)c(C)c1C.